The number of alkyl halides is 2. The summed E-state index contributed by atoms with van der Waals surface area (Å²) in [6.07, 6.45) is 0.109. The number of fused-ring (bicyclic) bond motifs is 1. The van der Waals surface area contributed by atoms with Crippen LogP contribution < -0.4 is 4.90 Å². The van der Waals surface area contributed by atoms with Crippen LogP contribution in [0.3, 0.4) is 0 Å². The number of aromatic nitrogens is 2. The second kappa shape index (κ2) is 7.11. The number of carbonyl (C=O) groups is 1. The maximum Gasteiger partial charge on any atom is 0.335 e. The topological polar surface area (TPSA) is 78.6 Å². The predicted octanol–water partition coefficient (Wildman–Crippen LogP) is 3.47. The highest BCUT2D eigenvalue weighted by molar-refractivity contribution is 5.93. The Morgan fingerprint density at radius 2 is 2.03 bits per heavy atom. The minimum atomic E-state index is -2.99. The Balaban J connectivity index is 1.85. The molecule has 2 N–H and O–H groups in total. The summed E-state index contributed by atoms with van der Waals surface area (Å²) in [5.41, 5.74) is 1.64. The van der Waals surface area contributed by atoms with Crippen LogP contribution in [0.5, 0.6) is 0 Å². The molecule has 4 rings (SSSR count). The molecule has 1 saturated heterocycles. The monoisotopic (exact) mass is 401 g/mol. The summed E-state index contributed by atoms with van der Waals surface area (Å²) in [7, 11) is 0. The van der Waals surface area contributed by atoms with Gasteiger partial charge in [-0.15, -0.1) is 0 Å². The Hall–Kier alpha value is -3.00. The third kappa shape index (κ3) is 3.67. The van der Waals surface area contributed by atoms with E-state index in [9.17, 15) is 23.8 Å². The Labute approximate surface area is 166 Å². The first-order valence-electron chi connectivity index (χ1n) is 9.37. The van der Waals surface area contributed by atoms with Gasteiger partial charge in [0.2, 0.25) is 5.95 Å². The van der Waals surface area contributed by atoms with Crippen molar-refractivity contribution in [2.45, 2.75) is 31.9 Å². The van der Waals surface area contributed by atoms with Crippen molar-refractivity contribution in [1.82, 2.24) is 9.55 Å². The van der Waals surface area contributed by atoms with Crippen LogP contribution >= 0.6 is 0 Å². The maximum absolute atomic E-state index is 14.1. The van der Waals surface area contributed by atoms with Crippen molar-refractivity contribution in [2.24, 2.45) is 0 Å². The highest BCUT2D eigenvalue weighted by atomic mass is 19.3. The molecule has 0 bridgehead atoms. The van der Waals surface area contributed by atoms with Gasteiger partial charge in [-0.2, -0.15) is 0 Å². The molecule has 2 heterocycles. The molecule has 1 aliphatic rings. The summed E-state index contributed by atoms with van der Waals surface area (Å²) in [5, 5.41) is 19.2. The molecule has 0 saturated carbocycles. The lowest BCUT2D eigenvalue weighted by Crippen LogP contribution is -2.25. The van der Waals surface area contributed by atoms with Crippen LogP contribution in [0.4, 0.5) is 14.7 Å². The van der Waals surface area contributed by atoms with Gasteiger partial charge in [0, 0.05) is 25.6 Å². The van der Waals surface area contributed by atoms with E-state index in [2.05, 4.69) is 4.98 Å². The second-order valence-corrected chi connectivity index (χ2v) is 7.44. The van der Waals surface area contributed by atoms with E-state index in [4.69, 9.17) is 0 Å². The van der Waals surface area contributed by atoms with Crippen LogP contribution in [0.15, 0.2) is 42.5 Å². The van der Waals surface area contributed by atoms with Gasteiger partial charge in [0.05, 0.1) is 29.2 Å². The number of nitrogens with zero attached hydrogens (tertiary/aromatic N) is 3. The molecule has 6 nitrogen and oxygen atoms in total. The molecule has 29 heavy (non-hydrogen) atoms. The standard InChI is InChI=1S/C21H21F2N3O3/c1-21(22,23)16-5-3-2-4-14(16)11-26-18-7-6-13(19(28)29)10-17(18)24-20(26)25-9-8-15(27)12-25/h2-7,10,15,27H,8-9,11-12H2,1H3,(H,28,29)/t15-/m1/s1. The van der Waals surface area contributed by atoms with Gasteiger partial charge in [0.1, 0.15) is 0 Å². The first-order chi connectivity index (χ1) is 13.7. The van der Waals surface area contributed by atoms with Gasteiger partial charge >= 0.3 is 5.97 Å². The van der Waals surface area contributed by atoms with Crippen molar-refractivity contribution in [2.75, 3.05) is 18.0 Å². The number of carboxylic acids is 1. The van der Waals surface area contributed by atoms with E-state index in [0.717, 1.165) is 6.92 Å². The number of anilines is 1. The lowest BCUT2D eigenvalue weighted by atomic mass is 10.0. The van der Waals surface area contributed by atoms with E-state index in [0.29, 0.717) is 42.1 Å². The molecule has 1 aromatic heterocycles. The number of aromatic carboxylic acids is 1. The number of imidazole rings is 1. The van der Waals surface area contributed by atoms with E-state index >= 15 is 0 Å². The Kier molecular flexibility index (Phi) is 4.74. The van der Waals surface area contributed by atoms with Gasteiger partial charge in [0.25, 0.3) is 5.92 Å². The highest BCUT2D eigenvalue weighted by Gasteiger charge is 2.29. The molecular formula is C21H21F2N3O3. The van der Waals surface area contributed by atoms with Crippen LogP contribution in [0, 0.1) is 0 Å². The number of aliphatic hydroxyl groups is 1. The third-order valence-electron chi connectivity index (χ3n) is 5.24. The van der Waals surface area contributed by atoms with Crippen LogP contribution in [-0.4, -0.2) is 44.9 Å². The number of halogens is 2. The smallest absolute Gasteiger partial charge is 0.335 e. The van der Waals surface area contributed by atoms with Gasteiger partial charge in [-0.1, -0.05) is 24.3 Å². The largest absolute Gasteiger partial charge is 0.478 e. The minimum Gasteiger partial charge on any atom is -0.478 e. The Bertz CT molecular complexity index is 1070. The van der Waals surface area contributed by atoms with Gasteiger partial charge < -0.3 is 19.7 Å². The van der Waals surface area contributed by atoms with Crippen LogP contribution in [0.1, 0.15) is 34.8 Å². The zero-order valence-corrected chi connectivity index (χ0v) is 15.8. The summed E-state index contributed by atoms with van der Waals surface area (Å²) in [5.74, 6) is -3.52. The maximum atomic E-state index is 14.1. The van der Waals surface area contributed by atoms with Crippen molar-refractivity contribution >= 4 is 23.0 Å². The molecule has 8 heteroatoms. The van der Waals surface area contributed by atoms with Crippen LogP contribution in [-0.2, 0) is 12.5 Å². The SMILES string of the molecule is CC(F)(F)c1ccccc1Cn1c(N2CC[C@@H](O)C2)nc2cc(C(=O)O)ccc21. The first kappa shape index (κ1) is 19.3. The summed E-state index contributed by atoms with van der Waals surface area (Å²) >= 11 is 0. The van der Waals surface area contributed by atoms with E-state index in [-0.39, 0.29) is 17.7 Å². The molecule has 2 aromatic carbocycles. The fraction of sp³-hybridized carbons (Fsp3) is 0.333. The van der Waals surface area contributed by atoms with Crippen molar-refractivity contribution < 1.29 is 23.8 Å². The Morgan fingerprint density at radius 1 is 1.28 bits per heavy atom. The molecular weight excluding hydrogens is 380 g/mol. The number of carboxylic acid groups (broad SMARTS) is 1. The summed E-state index contributed by atoms with van der Waals surface area (Å²) < 4.78 is 30.0. The van der Waals surface area contributed by atoms with Gasteiger partial charge in [-0.25, -0.2) is 18.6 Å². The van der Waals surface area contributed by atoms with Crippen molar-refractivity contribution in [3.8, 4) is 0 Å². The number of aliphatic hydroxyl groups excluding tert-OH is 1. The molecule has 0 radical (unpaired) electrons. The zero-order valence-electron chi connectivity index (χ0n) is 15.8. The average Bonchev–Trinajstić information content (AvgIpc) is 3.24. The Morgan fingerprint density at radius 3 is 2.69 bits per heavy atom. The molecule has 1 aliphatic heterocycles. The third-order valence-corrected chi connectivity index (χ3v) is 5.24. The van der Waals surface area contributed by atoms with E-state index in [1.807, 2.05) is 9.47 Å². The highest BCUT2D eigenvalue weighted by Crippen LogP contribution is 2.33. The van der Waals surface area contributed by atoms with Crippen molar-refractivity contribution in [1.29, 1.82) is 0 Å². The second-order valence-electron chi connectivity index (χ2n) is 7.44. The zero-order chi connectivity index (χ0) is 20.8. The van der Waals surface area contributed by atoms with Gasteiger partial charge in [-0.05, 0) is 30.2 Å². The normalized spacial score (nSPS) is 17.2. The number of hydrogen-bond donors (Lipinski definition) is 2. The molecule has 3 aromatic rings. The molecule has 0 aliphatic carbocycles. The minimum absolute atomic E-state index is 0.0589. The number of rotatable bonds is 5. The summed E-state index contributed by atoms with van der Waals surface area (Å²) in [6, 6.07) is 11.0. The summed E-state index contributed by atoms with van der Waals surface area (Å²) in [4.78, 5) is 17.8. The molecule has 0 spiro atoms. The number of benzene rings is 2. The predicted molar refractivity (Wildman–Crippen MR) is 105 cm³/mol. The fourth-order valence-electron chi connectivity index (χ4n) is 3.83. The molecule has 0 unspecified atom stereocenters. The van der Waals surface area contributed by atoms with Crippen molar-refractivity contribution in [3.05, 3.63) is 59.2 Å². The lowest BCUT2D eigenvalue weighted by Gasteiger charge is -2.21. The molecule has 1 atom stereocenters. The van der Waals surface area contributed by atoms with E-state index < -0.39 is 18.0 Å². The molecule has 152 valence electrons. The number of hydrogen-bond acceptors (Lipinski definition) is 4. The van der Waals surface area contributed by atoms with Gasteiger partial charge in [-0.3, -0.25) is 0 Å². The van der Waals surface area contributed by atoms with Crippen LogP contribution in [0.2, 0.25) is 0 Å². The molecule has 1 fully saturated rings. The quantitative estimate of drug-likeness (QED) is 0.685. The lowest BCUT2D eigenvalue weighted by molar-refractivity contribution is 0.0164. The van der Waals surface area contributed by atoms with Gasteiger partial charge in [0.15, 0.2) is 0 Å². The first-order valence-corrected chi connectivity index (χ1v) is 9.37. The fourth-order valence-corrected chi connectivity index (χ4v) is 3.83. The average molecular weight is 401 g/mol. The molecule has 0 amide bonds. The van der Waals surface area contributed by atoms with Crippen molar-refractivity contribution in [3.63, 3.8) is 0 Å². The van der Waals surface area contributed by atoms with E-state index in [1.54, 1.807) is 24.3 Å². The summed E-state index contributed by atoms with van der Waals surface area (Å²) in [6.45, 7) is 2.00. The number of β-amino-alcohol motifs (C(OH)–C–C–N with tert-alkyl or cyclic N) is 1. The van der Waals surface area contributed by atoms with E-state index in [1.165, 1.54) is 18.2 Å². The van der Waals surface area contributed by atoms with Crippen LogP contribution in [0.25, 0.3) is 11.0 Å².